The number of likely N-dealkylation sites (tertiary alicyclic amines) is 1. The lowest BCUT2D eigenvalue weighted by molar-refractivity contribution is -0.133. The van der Waals surface area contributed by atoms with Crippen LogP contribution in [0.5, 0.6) is 0 Å². The van der Waals surface area contributed by atoms with Crippen molar-refractivity contribution in [3.05, 3.63) is 41.5 Å². The van der Waals surface area contributed by atoms with Gasteiger partial charge in [0.15, 0.2) is 0 Å². The summed E-state index contributed by atoms with van der Waals surface area (Å²) in [6.45, 7) is 8.78. The standard InChI is InChI=1S/C21H29NO/c1-21(2,3)18-8-6-14-22(15-18)20(23)13-12-17-11-10-16-7-4-5-9-19(16)17/h4-5,7,9,11,18H,6,8,10,12-15H2,1-3H3. The maximum Gasteiger partial charge on any atom is 0.222 e. The number of allylic oxidation sites excluding steroid dienone is 2. The minimum Gasteiger partial charge on any atom is -0.342 e. The monoisotopic (exact) mass is 311 g/mol. The summed E-state index contributed by atoms with van der Waals surface area (Å²) in [5.41, 5.74) is 4.41. The highest BCUT2D eigenvalue weighted by atomic mass is 16.2. The van der Waals surface area contributed by atoms with Crippen LogP contribution in [-0.2, 0) is 11.2 Å². The van der Waals surface area contributed by atoms with E-state index in [4.69, 9.17) is 0 Å². The lowest BCUT2D eigenvalue weighted by Gasteiger charge is -2.39. The number of amides is 1. The van der Waals surface area contributed by atoms with Gasteiger partial charge in [-0.25, -0.2) is 0 Å². The summed E-state index contributed by atoms with van der Waals surface area (Å²) >= 11 is 0. The largest absolute Gasteiger partial charge is 0.342 e. The highest BCUT2D eigenvalue weighted by Gasteiger charge is 2.31. The fourth-order valence-electron chi connectivity index (χ4n) is 3.90. The Kier molecular flexibility index (Phi) is 4.61. The SMILES string of the molecule is CC(C)(C)C1CCCN(C(=O)CCC2=CCc3ccccc32)C1. The first kappa shape index (κ1) is 16.3. The summed E-state index contributed by atoms with van der Waals surface area (Å²) in [7, 11) is 0. The first-order valence-corrected chi connectivity index (χ1v) is 9.00. The van der Waals surface area contributed by atoms with Crippen LogP contribution in [0.15, 0.2) is 30.3 Å². The minimum absolute atomic E-state index is 0.297. The molecule has 1 amide bonds. The van der Waals surface area contributed by atoms with Gasteiger partial charge in [0.1, 0.15) is 0 Å². The van der Waals surface area contributed by atoms with Crippen molar-refractivity contribution in [2.45, 2.75) is 52.9 Å². The second-order valence-electron chi connectivity index (χ2n) is 8.14. The fourth-order valence-corrected chi connectivity index (χ4v) is 3.90. The van der Waals surface area contributed by atoms with E-state index in [1.165, 1.54) is 23.1 Å². The molecular formula is C21H29NO. The molecule has 1 aliphatic heterocycles. The number of fused-ring (bicyclic) bond motifs is 1. The van der Waals surface area contributed by atoms with Crippen LogP contribution in [0.2, 0.25) is 0 Å². The third-order valence-electron chi connectivity index (χ3n) is 5.54. The summed E-state index contributed by atoms with van der Waals surface area (Å²) in [5, 5.41) is 0. The summed E-state index contributed by atoms with van der Waals surface area (Å²) in [6, 6.07) is 8.58. The number of carbonyl (C=O) groups excluding carboxylic acids is 1. The van der Waals surface area contributed by atoms with Crippen molar-refractivity contribution in [3.63, 3.8) is 0 Å². The molecule has 2 aliphatic rings. The van der Waals surface area contributed by atoms with E-state index in [9.17, 15) is 4.79 Å². The zero-order valence-electron chi connectivity index (χ0n) is 14.8. The third-order valence-corrected chi connectivity index (χ3v) is 5.54. The second-order valence-corrected chi connectivity index (χ2v) is 8.14. The Morgan fingerprint density at radius 2 is 2.04 bits per heavy atom. The average molecular weight is 311 g/mol. The summed E-state index contributed by atoms with van der Waals surface area (Å²) in [6.07, 6.45) is 7.26. The lowest BCUT2D eigenvalue weighted by atomic mass is 9.76. The molecule has 2 heteroatoms. The molecule has 1 atom stereocenters. The van der Waals surface area contributed by atoms with Crippen molar-refractivity contribution in [2.24, 2.45) is 11.3 Å². The Labute approximate surface area is 140 Å². The van der Waals surface area contributed by atoms with E-state index in [2.05, 4.69) is 56.0 Å². The Bertz CT molecular complexity index is 609. The molecule has 1 aromatic carbocycles. The molecule has 3 rings (SSSR count). The maximum absolute atomic E-state index is 12.6. The van der Waals surface area contributed by atoms with Gasteiger partial charge in [-0.2, -0.15) is 0 Å². The molecule has 1 aromatic rings. The molecule has 23 heavy (non-hydrogen) atoms. The maximum atomic E-state index is 12.6. The molecule has 124 valence electrons. The van der Waals surface area contributed by atoms with E-state index in [1.54, 1.807) is 0 Å². The zero-order valence-corrected chi connectivity index (χ0v) is 14.8. The molecule has 1 unspecified atom stereocenters. The molecule has 0 aromatic heterocycles. The molecular weight excluding hydrogens is 282 g/mol. The predicted octanol–water partition coefficient (Wildman–Crippen LogP) is 4.69. The summed E-state index contributed by atoms with van der Waals surface area (Å²) in [5.74, 6) is 0.968. The van der Waals surface area contributed by atoms with Crippen molar-refractivity contribution >= 4 is 11.5 Å². The lowest BCUT2D eigenvalue weighted by Crippen LogP contribution is -2.43. The van der Waals surface area contributed by atoms with Crippen molar-refractivity contribution in [1.29, 1.82) is 0 Å². The summed E-state index contributed by atoms with van der Waals surface area (Å²) in [4.78, 5) is 14.7. The van der Waals surface area contributed by atoms with Gasteiger partial charge in [-0.1, -0.05) is 51.1 Å². The molecule has 1 fully saturated rings. The van der Waals surface area contributed by atoms with Gasteiger partial charge < -0.3 is 4.90 Å². The van der Waals surface area contributed by atoms with Crippen molar-refractivity contribution in [2.75, 3.05) is 13.1 Å². The van der Waals surface area contributed by atoms with Crippen LogP contribution in [0.3, 0.4) is 0 Å². The van der Waals surface area contributed by atoms with Gasteiger partial charge in [-0.3, -0.25) is 4.79 Å². The van der Waals surface area contributed by atoms with Gasteiger partial charge in [-0.05, 0) is 53.7 Å². The highest BCUT2D eigenvalue weighted by Crippen LogP contribution is 2.34. The Hall–Kier alpha value is -1.57. The smallest absolute Gasteiger partial charge is 0.222 e. The molecule has 0 N–H and O–H groups in total. The Morgan fingerprint density at radius 1 is 1.26 bits per heavy atom. The molecule has 0 spiro atoms. The van der Waals surface area contributed by atoms with E-state index in [-0.39, 0.29) is 0 Å². The van der Waals surface area contributed by atoms with Crippen LogP contribution in [0, 0.1) is 11.3 Å². The molecule has 0 bridgehead atoms. The van der Waals surface area contributed by atoms with Gasteiger partial charge in [0.25, 0.3) is 0 Å². The van der Waals surface area contributed by atoms with Gasteiger partial charge in [0.05, 0.1) is 0 Å². The van der Waals surface area contributed by atoms with Crippen molar-refractivity contribution in [3.8, 4) is 0 Å². The van der Waals surface area contributed by atoms with E-state index < -0.39 is 0 Å². The number of hydrogen-bond acceptors (Lipinski definition) is 1. The average Bonchev–Trinajstić information content (AvgIpc) is 2.95. The first-order valence-electron chi connectivity index (χ1n) is 9.00. The van der Waals surface area contributed by atoms with Crippen LogP contribution in [0.1, 0.15) is 57.6 Å². The second kappa shape index (κ2) is 6.51. The predicted molar refractivity (Wildman–Crippen MR) is 96.1 cm³/mol. The highest BCUT2D eigenvalue weighted by molar-refractivity contribution is 5.80. The molecule has 0 radical (unpaired) electrons. The van der Waals surface area contributed by atoms with Crippen molar-refractivity contribution < 1.29 is 4.79 Å². The first-order chi connectivity index (χ1) is 10.9. The van der Waals surface area contributed by atoms with Crippen LogP contribution in [0.25, 0.3) is 5.57 Å². The number of rotatable bonds is 3. The van der Waals surface area contributed by atoms with Crippen LogP contribution in [0.4, 0.5) is 0 Å². The number of nitrogens with zero attached hydrogens (tertiary/aromatic N) is 1. The number of carbonyl (C=O) groups is 1. The van der Waals surface area contributed by atoms with Gasteiger partial charge in [0.2, 0.25) is 5.91 Å². The van der Waals surface area contributed by atoms with Crippen molar-refractivity contribution in [1.82, 2.24) is 4.90 Å². The third kappa shape index (κ3) is 3.68. The number of hydrogen-bond donors (Lipinski definition) is 0. The van der Waals surface area contributed by atoms with Crippen LogP contribution >= 0.6 is 0 Å². The summed E-state index contributed by atoms with van der Waals surface area (Å²) < 4.78 is 0. The van der Waals surface area contributed by atoms with Crippen LogP contribution < -0.4 is 0 Å². The Balaban J connectivity index is 1.56. The Morgan fingerprint density at radius 3 is 2.83 bits per heavy atom. The molecule has 0 saturated carbocycles. The zero-order chi connectivity index (χ0) is 16.4. The quantitative estimate of drug-likeness (QED) is 0.793. The molecule has 1 aliphatic carbocycles. The van der Waals surface area contributed by atoms with Crippen LogP contribution in [-0.4, -0.2) is 23.9 Å². The fraction of sp³-hybridized carbons (Fsp3) is 0.571. The topological polar surface area (TPSA) is 20.3 Å². The number of piperidine rings is 1. The molecule has 1 heterocycles. The van der Waals surface area contributed by atoms with Gasteiger partial charge in [-0.15, -0.1) is 0 Å². The normalized spacial score (nSPS) is 21.1. The van der Waals surface area contributed by atoms with Gasteiger partial charge in [0, 0.05) is 19.5 Å². The van der Waals surface area contributed by atoms with E-state index >= 15 is 0 Å². The number of benzene rings is 1. The molecule has 1 saturated heterocycles. The van der Waals surface area contributed by atoms with E-state index in [0.29, 0.717) is 23.7 Å². The minimum atomic E-state index is 0.297. The van der Waals surface area contributed by atoms with E-state index in [1.807, 2.05) is 0 Å². The molecule has 2 nitrogen and oxygen atoms in total. The van der Waals surface area contributed by atoms with E-state index in [0.717, 1.165) is 32.4 Å². The van der Waals surface area contributed by atoms with Gasteiger partial charge >= 0.3 is 0 Å².